The van der Waals surface area contributed by atoms with Crippen molar-refractivity contribution in [3.05, 3.63) is 71.0 Å². The molecule has 8 heteroatoms. The number of halogens is 2. The molecule has 0 spiro atoms. The van der Waals surface area contributed by atoms with Gasteiger partial charge in [0.05, 0.1) is 22.0 Å². The Kier molecular flexibility index (Phi) is 6.74. The van der Waals surface area contributed by atoms with E-state index in [9.17, 15) is 4.79 Å². The number of nitrogens with zero attached hydrogens (tertiary/aromatic N) is 4. The molecular weight excluding hydrogens is 525 g/mol. The van der Waals surface area contributed by atoms with Gasteiger partial charge in [0.25, 0.3) is 5.91 Å². The molecule has 3 aromatic rings. The minimum atomic E-state index is -0.198. The molecule has 6 nitrogen and oxygen atoms in total. The zero-order chi connectivity index (χ0) is 22.0. The van der Waals surface area contributed by atoms with Gasteiger partial charge in [-0.1, -0.05) is 17.7 Å². The van der Waals surface area contributed by atoms with Crippen LogP contribution in [0.3, 0.4) is 0 Å². The SMILES string of the molecule is Cc1nc(N2CCN(I)[C@H](C)C2)ccc1C(=O)Nc1ccc(Cl)c(-c2ccccn2)c1. The topological polar surface area (TPSA) is 61.4 Å². The number of benzene rings is 1. The molecule has 4 rings (SSSR count). The Morgan fingerprint density at radius 1 is 1.19 bits per heavy atom. The van der Waals surface area contributed by atoms with Crippen molar-refractivity contribution >= 4 is 51.9 Å². The van der Waals surface area contributed by atoms with Crippen LogP contribution in [0.1, 0.15) is 23.0 Å². The van der Waals surface area contributed by atoms with E-state index in [4.69, 9.17) is 16.6 Å². The fourth-order valence-electron chi connectivity index (χ4n) is 3.63. The largest absolute Gasteiger partial charge is 0.354 e. The summed E-state index contributed by atoms with van der Waals surface area (Å²) in [7, 11) is 0. The summed E-state index contributed by atoms with van der Waals surface area (Å²) in [5.74, 6) is 0.714. The summed E-state index contributed by atoms with van der Waals surface area (Å²) in [4.78, 5) is 24.3. The molecule has 1 amide bonds. The number of amides is 1. The Bertz CT molecular complexity index is 1090. The zero-order valence-corrected chi connectivity index (χ0v) is 20.3. The van der Waals surface area contributed by atoms with Gasteiger partial charge in [-0.25, -0.2) is 8.10 Å². The summed E-state index contributed by atoms with van der Waals surface area (Å²) in [6.45, 7) is 6.91. The van der Waals surface area contributed by atoms with E-state index in [-0.39, 0.29) is 5.91 Å². The quantitative estimate of drug-likeness (QED) is 0.359. The van der Waals surface area contributed by atoms with Crippen LogP contribution in [0.4, 0.5) is 11.5 Å². The van der Waals surface area contributed by atoms with Crippen molar-refractivity contribution in [1.29, 1.82) is 0 Å². The van der Waals surface area contributed by atoms with Gasteiger partial charge in [-0.15, -0.1) is 0 Å². The molecule has 2 aromatic heterocycles. The monoisotopic (exact) mass is 547 g/mol. The van der Waals surface area contributed by atoms with E-state index < -0.39 is 0 Å². The van der Waals surface area contributed by atoms with Crippen molar-refractivity contribution in [2.75, 3.05) is 29.9 Å². The van der Waals surface area contributed by atoms with E-state index in [2.05, 4.69) is 48.1 Å². The van der Waals surface area contributed by atoms with Crippen LogP contribution >= 0.6 is 34.5 Å². The molecule has 0 aliphatic carbocycles. The molecule has 0 bridgehead atoms. The number of carbonyl (C=O) groups excluding carboxylic acids is 1. The molecule has 1 fully saturated rings. The summed E-state index contributed by atoms with van der Waals surface area (Å²) in [5, 5.41) is 3.54. The molecule has 1 aliphatic rings. The molecule has 1 atom stereocenters. The first-order chi connectivity index (χ1) is 14.9. The highest BCUT2D eigenvalue weighted by atomic mass is 127. The third-order valence-corrected chi connectivity index (χ3v) is 7.11. The lowest BCUT2D eigenvalue weighted by atomic mass is 10.1. The number of rotatable bonds is 4. The van der Waals surface area contributed by atoms with Gasteiger partial charge in [0.15, 0.2) is 0 Å². The number of anilines is 2. The zero-order valence-electron chi connectivity index (χ0n) is 17.3. The van der Waals surface area contributed by atoms with Crippen molar-refractivity contribution in [3.8, 4) is 11.3 Å². The lowest BCUT2D eigenvalue weighted by Gasteiger charge is -2.37. The van der Waals surface area contributed by atoms with Crippen LogP contribution < -0.4 is 10.2 Å². The molecule has 1 saturated heterocycles. The summed E-state index contributed by atoms with van der Waals surface area (Å²) >= 11 is 8.72. The number of hydrogen-bond donors (Lipinski definition) is 1. The maximum Gasteiger partial charge on any atom is 0.257 e. The second-order valence-electron chi connectivity index (χ2n) is 7.58. The Morgan fingerprint density at radius 2 is 2.03 bits per heavy atom. The van der Waals surface area contributed by atoms with Crippen molar-refractivity contribution in [2.45, 2.75) is 19.9 Å². The average Bonchev–Trinajstić information content (AvgIpc) is 2.77. The predicted octanol–water partition coefficient (Wildman–Crippen LogP) is 5.22. The molecule has 0 unspecified atom stereocenters. The smallest absolute Gasteiger partial charge is 0.257 e. The summed E-state index contributed by atoms with van der Waals surface area (Å²) in [5.41, 5.74) is 3.45. The number of carbonyl (C=O) groups is 1. The number of hydrogen-bond acceptors (Lipinski definition) is 5. The van der Waals surface area contributed by atoms with E-state index in [1.807, 2.05) is 43.3 Å². The second kappa shape index (κ2) is 9.50. The van der Waals surface area contributed by atoms with Crippen LogP contribution in [-0.2, 0) is 0 Å². The van der Waals surface area contributed by atoms with Gasteiger partial charge >= 0.3 is 0 Å². The van der Waals surface area contributed by atoms with Crippen LogP contribution in [0.15, 0.2) is 54.7 Å². The second-order valence-corrected chi connectivity index (χ2v) is 9.23. The molecule has 31 heavy (non-hydrogen) atoms. The first kappa shape index (κ1) is 22.0. The van der Waals surface area contributed by atoms with E-state index in [1.54, 1.807) is 18.3 Å². The van der Waals surface area contributed by atoms with Crippen LogP contribution in [0, 0.1) is 6.92 Å². The molecular formula is C23H23ClIN5O. The van der Waals surface area contributed by atoms with Gasteiger partial charge in [0.1, 0.15) is 5.82 Å². The third-order valence-electron chi connectivity index (χ3n) is 5.35. The van der Waals surface area contributed by atoms with Gasteiger partial charge in [0, 0.05) is 66.0 Å². The number of pyridine rings is 2. The van der Waals surface area contributed by atoms with Crippen LogP contribution in [0.25, 0.3) is 11.3 Å². The Labute approximate surface area is 201 Å². The Morgan fingerprint density at radius 3 is 2.74 bits per heavy atom. The number of aromatic nitrogens is 2. The summed E-state index contributed by atoms with van der Waals surface area (Å²) in [6, 6.07) is 15.3. The summed E-state index contributed by atoms with van der Waals surface area (Å²) in [6.07, 6.45) is 1.72. The molecule has 1 N–H and O–H groups in total. The number of aryl methyl sites for hydroxylation is 1. The van der Waals surface area contributed by atoms with Gasteiger partial charge in [0.2, 0.25) is 0 Å². The summed E-state index contributed by atoms with van der Waals surface area (Å²) < 4.78 is 2.31. The highest BCUT2D eigenvalue weighted by molar-refractivity contribution is 14.1. The fourth-order valence-corrected chi connectivity index (χ4v) is 4.23. The van der Waals surface area contributed by atoms with E-state index >= 15 is 0 Å². The molecule has 3 heterocycles. The van der Waals surface area contributed by atoms with Gasteiger partial charge in [-0.3, -0.25) is 9.78 Å². The number of nitrogens with one attached hydrogen (secondary N) is 1. The van der Waals surface area contributed by atoms with Gasteiger partial charge < -0.3 is 10.2 Å². The normalized spacial score (nSPS) is 16.9. The van der Waals surface area contributed by atoms with Crippen molar-refractivity contribution < 1.29 is 4.79 Å². The van der Waals surface area contributed by atoms with Crippen LogP contribution in [0.2, 0.25) is 5.02 Å². The predicted molar refractivity (Wildman–Crippen MR) is 134 cm³/mol. The van der Waals surface area contributed by atoms with E-state index in [0.29, 0.717) is 28.0 Å². The average molecular weight is 548 g/mol. The highest BCUT2D eigenvalue weighted by Gasteiger charge is 2.23. The lowest BCUT2D eigenvalue weighted by Crippen LogP contribution is -2.48. The molecule has 1 aliphatic heterocycles. The minimum absolute atomic E-state index is 0.198. The molecule has 1 aromatic carbocycles. The highest BCUT2D eigenvalue weighted by Crippen LogP contribution is 2.29. The van der Waals surface area contributed by atoms with Crippen LogP contribution in [0.5, 0.6) is 0 Å². The van der Waals surface area contributed by atoms with Crippen molar-refractivity contribution in [1.82, 2.24) is 13.1 Å². The molecule has 0 saturated carbocycles. The first-order valence-corrected chi connectivity index (χ1v) is 11.4. The van der Waals surface area contributed by atoms with Gasteiger partial charge in [-0.2, -0.15) is 0 Å². The van der Waals surface area contributed by atoms with Gasteiger partial charge in [-0.05, 0) is 56.3 Å². The van der Waals surface area contributed by atoms with Crippen LogP contribution in [-0.4, -0.2) is 44.7 Å². The number of piperazine rings is 1. The van der Waals surface area contributed by atoms with E-state index in [1.165, 1.54) is 0 Å². The minimum Gasteiger partial charge on any atom is -0.354 e. The maximum absolute atomic E-state index is 12.9. The maximum atomic E-state index is 12.9. The molecule has 160 valence electrons. The Balaban J connectivity index is 1.52. The van der Waals surface area contributed by atoms with E-state index in [0.717, 1.165) is 36.7 Å². The standard InChI is InChI=1S/C23H23ClIN5O/c1-15-14-29(11-12-30(15)25)22-9-7-18(16(2)27-22)23(31)28-17-6-8-20(24)19(13-17)21-5-3-4-10-26-21/h3-10,13,15H,11-12,14H2,1-2H3,(H,28,31)/t15-/m1/s1. The third kappa shape index (κ3) is 4.99. The molecule has 0 radical (unpaired) electrons. The lowest BCUT2D eigenvalue weighted by molar-refractivity contribution is 0.102. The van der Waals surface area contributed by atoms with Crippen molar-refractivity contribution in [2.24, 2.45) is 0 Å². The Hall–Kier alpha value is -2.23. The van der Waals surface area contributed by atoms with Crippen molar-refractivity contribution in [3.63, 3.8) is 0 Å². The fraction of sp³-hybridized carbons (Fsp3) is 0.261. The first-order valence-electron chi connectivity index (χ1n) is 10.1.